The molecule has 0 aliphatic carbocycles. The summed E-state index contributed by atoms with van der Waals surface area (Å²) in [7, 11) is 1.94. The molecular weight excluding hydrogens is 241 g/mol. The predicted molar refractivity (Wildman–Crippen MR) is 78.9 cm³/mol. The Bertz CT molecular complexity index is 449. The van der Waals surface area contributed by atoms with Gasteiger partial charge in [0.1, 0.15) is 11.6 Å². The lowest BCUT2D eigenvalue weighted by molar-refractivity contribution is 0.423. The Morgan fingerprint density at radius 1 is 1.47 bits per heavy atom. The highest BCUT2D eigenvalue weighted by Crippen LogP contribution is 2.19. The SMILES string of the molecule is C=C(C)CN(C)c1ncc(F)cc1CNC(C)(C)C. The molecule has 3 nitrogen and oxygen atoms in total. The Morgan fingerprint density at radius 2 is 2.11 bits per heavy atom. The van der Waals surface area contributed by atoms with Crippen LogP contribution in [0.4, 0.5) is 10.2 Å². The van der Waals surface area contributed by atoms with Crippen LogP contribution in [0.25, 0.3) is 0 Å². The summed E-state index contributed by atoms with van der Waals surface area (Å²) in [4.78, 5) is 6.19. The van der Waals surface area contributed by atoms with Crippen LogP contribution >= 0.6 is 0 Å². The van der Waals surface area contributed by atoms with E-state index in [-0.39, 0.29) is 11.4 Å². The summed E-state index contributed by atoms with van der Waals surface area (Å²) >= 11 is 0. The van der Waals surface area contributed by atoms with Crippen LogP contribution in [0, 0.1) is 5.82 Å². The minimum Gasteiger partial charge on any atom is -0.355 e. The maximum absolute atomic E-state index is 13.4. The van der Waals surface area contributed by atoms with E-state index in [0.717, 1.165) is 17.0 Å². The highest BCUT2D eigenvalue weighted by atomic mass is 19.1. The molecule has 1 rings (SSSR count). The number of aromatic nitrogens is 1. The highest BCUT2D eigenvalue weighted by molar-refractivity contribution is 5.47. The molecule has 1 heterocycles. The minimum atomic E-state index is -0.307. The first-order valence-corrected chi connectivity index (χ1v) is 6.44. The molecule has 0 atom stereocenters. The van der Waals surface area contributed by atoms with Gasteiger partial charge in [-0.2, -0.15) is 0 Å². The van der Waals surface area contributed by atoms with E-state index in [1.165, 1.54) is 12.3 Å². The molecule has 0 saturated heterocycles. The van der Waals surface area contributed by atoms with Crippen LogP contribution in [-0.4, -0.2) is 24.1 Å². The smallest absolute Gasteiger partial charge is 0.141 e. The number of likely N-dealkylation sites (N-methyl/N-ethyl adjacent to an activating group) is 1. The van der Waals surface area contributed by atoms with E-state index in [2.05, 4.69) is 37.7 Å². The van der Waals surface area contributed by atoms with Gasteiger partial charge in [0.05, 0.1) is 6.20 Å². The van der Waals surface area contributed by atoms with Crippen LogP contribution in [0.1, 0.15) is 33.3 Å². The Labute approximate surface area is 115 Å². The van der Waals surface area contributed by atoms with Gasteiger partial charge in [0.15, 0.2) is 0 Å². The third-order valence-electron chi connectivity index (χ3n) is 2.59. The first-order chi connectivity index (χ1) is 8.69. The van der Waals surface area contributed by atoms with E-state index in [4.69, 9.17) is 0 Å². The molecule has 0 unspecified atom stereocenters. The van der Waals surface area contributed by atoms with Crippen molar-refractivity contribution in [1.29, 1.82) is 0 Å². The van der Waals surface area contributed by atoms with Gasteiger partial charge in [-0.3, -0.25) is 0 Å². The zero-order chi connectivity index (χ0) is 14.6. The Hall–Kier alpha value is -1.42. The lowest BCUT2D eigenvalue weighted by Crippen LogP contribution is -2.35. The van der Waals surface area contributed by atoms with Crippen LogP contribution in [0.3, 0.4) is 0 Å². The summed E-state index contributed by atoms with van der Waals surface area (Å²) in [5, 5.41) is 3.36. The molecule has 0 bridgehead atoms. The molecule has 1 aromatic rings. The summed E-state index contributed by atoms with van der Waals surface area (Å²) in [6, 6.07) is 1.54. The maximum Gasteiger partial charge on any atom is 0.141 e. The molecule has 0 radical (unpaired) electrons. The lowest BCUT2D eigenvalue weighted by atomic mass is 10.1. The largest absolute Gasteiger partial charge is 0.355 e. The molecule has 0 aliphatic rings. The van der Waals surface area contributed by atoms with Crippen molar-refractivity contribution >= 4 is 5.82 Å². The third-order valence-corrected chi connectivity index (χ3v) is 2.59. The van der Waals surface area contributed by atoms with Gasteiger partial charge in [-0.05, 0) is 33.8 Å². The summed E-state index contributed by atoms with van der Waals surface area (Å²) < 4.78 is 13.4. The molecule has 0 saturated carbocycles. The van der Waals surface area contributed by atoms with Gasteiger partial charge >= 0.3 is 0 Å². The van der Waals surface area contributed by atoms with Crippen LogP contribution in [0.2, 0.25) is 0 Å². The van der Waals surface area contributed by atoms with Gasteiger partial charge < -0.3 is 10.2 Å². The van der Waals surface area contributed by atoms with Gasteiger partial charge in [-0.15, -0.1) is 0 Å². The minimum absolute atomic E-state index is 0.0173. The van der Waals surface area contributed by atoms with Gasteiger partial charge in [-0.25, -0.2) is 9.37 Å². The van der Waals surface area contributed by atoms with Crippen LogP contribution in [-0.2, 0) is 6.54 Å². The standard InChI is InChI=1S/C15H24FN3/c1-11(2)10-19(6)14-12(7-13(16)9-17-14)8-18-15(3,4)5/h7,9,18H,1,8,10H2,2-6H3. The molecule has 0 fully saturated rings. The van der Waals surface area contributed by atoms with Crippen molar-refractivity contribution in [2.75, 3.05) is 18.5 Å². The molecule has 4 heteroatoms. The summed E-state index contributed by atoms with van der Waals surface area (Å²) in [5.41, 5.74) is 1.89. The van der Waals surface area contributed by atoms with Crippen molar-refractivity contribution < 1.29 is 4.39 Å². The van der Waals surface area contributed by atoms with Crippen molar-refractivity contribution in [3.63, 3.8) is 0 Å². The molecule has 0 aromatic carbocycles. The van der Waals surface area contributed by atoms with E-state index in [9.17, 15) is 4.39 Å². The van der Waals surface area contributed by atoms with E-state index in [1.54, 1.807) is 0 Å². The van der Waals surface area contributed by atoms with Crippen molar-refractivity contribution in [2.24, 2.45) is 0 Å². The fourth-order valence-electron chi connectivity index (χ4n) is 1.79. The second-order valence-electron chi connectivity index (χ2n) is 6.05. The summed E-state index contributed by atoms with van der Waals surface area (Å²) in [6.07, 6.45) is 1.25. The van der Waals surface area contributed by atoms with Gasteiger partial charge in [0, 0.05) is 31.2 Å². The van der Waals surface area contributed by atoms with Crippen LogP contribution < -0.4 is 10.2 Å². The topological polar surface area (TPSA) is 28.2 Å². The van der Waals surface area contributed by atoms with Crippen molar-refractivity contribution in [1.82, 2.24) is 10.3 Å². The number of halogens is 1. The first kappa shape index (κ1) is 15.6. The normalized spacial score (nSPS) is 11.5. The fraction of sp³-hybridized carbons (Fsp3) is 0.533. The van der Waals surface area contributed by atoms with E-state index in [0.29, 0.717) is 13.1 Å². The Morgan fingerprint density at radius 3 is 2.63 bits per heavy atom. The second-order valence-corrected chi connectivity index (χ2v) is 6.05. The number of nitrogens with zero attached hydrogens (tertiary/aromatic N) is 2. The maximum atomic E-state index is 13.4. The van der Waals surface area contributed by atoms with E-state index in [1.807, 2.05) is 18.9 Å². The average molecular weight is 265 g/mol. The van der Waals surface area contributed by atoms with E-state index >= 15 is 0 Å². The van der Waals surface area contributed by atoms with Crippen molar-refractivity contribution in [2.45, 2.75) is 39.8 Å². The average Bonchev–Trinajstić information content (AvgIpc) is 2.24. The fourth-order valence-corrected chi connectivity index (χ4v) is 1.79. The molecule has 106 valence electrons. The molecule has 0 amide bonds. The number of hydrogen-bond donors (Lipinski definition) is 1. The number of rotatable bonds is 5. The summed E-state index contributed by atoms with van der Waals surface area (Å²) in [6.45, 7) is 13.4. The predicted octanol–water partition coefficient (Wildman–Crippen LogP) is 3.12. The van der Waals surface area contributed by atoms with Crippen LogP contribution in [0.5, 0.6) is 0 Å². The molecule has 1 N–H and O–H groups in total. The Kier molecular flexibility index (Phi) is 5.06. The number of pyridine rings is 1. The Balaban J connectivity index is 2.94. The molecule has 1 aromatic heterocycles. The zero-order valence-corrected chi connectivity index (χ0v) is 12.5. The zero-order valence-electron chi connectivity index (χ0n) is 12.5. The van der Waals surface area contributed by atoms with Gasteiger partial charge in [0.2, 0.25) is 0 Å². The third kappa shape index (κ3) is 5.39. The lowest BCUT2D eigenvalue weighted by Gasteiger charge is -2.25. The second kappa shape index (κ2) is 6.15. The molecule has 0 aliphatic heterocycles. The first-order valence-electron chi connectivity index (χ1n) is 6.44. The van der Waals surface area contributed by atoms with Crippen molar-refractivity contribution in [3.8, 4) is 0 Å². The summed E-state index contributed by atoms with van der Waals surface area (Å²) in [5.74, 6) is 0.485. The highest BCUT2D eigenvalue weighted by Gasteiger charge is 2.14. The number of nitrogens with one attached hydrogen (secondary N) is 1. The molecule has 19 heavy (non-hydrogen) atoms. The molecule has 0 spiro atoms. The van der Waals surface area contributed by atoms with Crippen molar-refractivity contribution in [3.05, 3.63) is 35.8 Å². The number of anilines is 1. The monoisotopic (exact) mass is 265 g/mol. The van der Waals surface area contributed by atoms with Crippen LogP contribution in [0.15, 0.2) is 24.4 Å². The molecular formula is C15H24FN3. The van der Waals surface area contributed by atoms with Gasteiger partial charge in [-0.1, -0.05) is 12.2 Å². The van der Waals surface area contributed by atoms with E-state index < -0.39 is 0 Å². The quantitative estimate of drug-likeness (QED) is 0.829. The number of hydrogen-bond acceptors (Lipinski definition) is 3. The van der Waals surface area contributed by atoms with Gasteiger partial charge in [0.25, 0.3) is 0 Å².